The lowest BCUT2D eigenvalue weighted by atomic mass is 9.84. The molecule has 1 aliphatic heterocycles. The molecule has 1 heterocycles. The number of nitrogens with two attached hydrogens (primary N) is 1. The predicted octanol–water partition coefficient (Wildman–Crippen LogP) is 2.85. The number of amides is 2. The Kier molecular flexibility index (Phi) is 4.21. The van der Waals surface area contributed by atoms with Gasteiger partial charge in [0.15, 0.2) is 0 Å². The van der Waals surface area contributed by atoms with E-state index in [0.29, 0.717) is 16.8 Å². The summed E-state index contributed by atoms with van der Waals surface area (Å²) in [6.45, 7) is 0. The zero-order valence-electron chi connectivity index (χ0n) is 12.1. The summed E-state index contributed by atoms with van der Waals surface area (Å²) in [5.74, 6) is -1.21. The first kappa shape index (κ1) is 15.5. The van der Waals surface area contributed by atoms with Crippen LogP contribution in [0.4, 0.5) is 4.39 Å². The average molecular weight is 369 g/mol. The highest BCUT2D eigenvalue weighted by Gasteiger charge is 2.47. The molecule has 0 spiro atoms. The summed E-state index contributed by atoms with van der Waals surface area (Å²) in [6.07, 6.45) is 4.59. The van der Waals surface area contributed by atoms with Crippen molar-refractivity contribution in [2.75, 3.05) is 0 Å². The van der Waals surface area contributed by atoms with Gasteiger partial charge >= 0.3 is 0 Å². The Morgan fingerprint density at radius 1 is 1.27 bits per heavy atom. The number of carbonyl (C=O) groups excluding carboxylic acids is 2. The Morgan fingerprint density at radius 3 is 2.73 bits per heavy atom. The van der Waals surface area contributed by atoms with Gasteiger partial charge < -0.3 is 10.6 Å². The number of benzene rings is 1. The lowest BCUT2D eigenvalue weighted by molar-refractivity contribution is -0.122. The van der Waals surface area contributed by atoms with Gasteiger partial charge in [-0.05, 0) is 43.4 Å². The number of carbonyl (C=O) groups is 2. The Bertz CT molecular complexity index is 622. The van der Waals surface area contributed by atoms with Gasteiger partial charge in [-0.25, -0.2) is 4.39 Å². The van der Waals surface area contributed by atoms with E-state index >= 15 is 0 Å². The van der Waals surface area contributed by atoms with Crippen LogP contribution < -0.4 is 5.73 Å². The smallest absolute Gasteiger partial charge is 0.257 e. The molecule has 2 fully saturated rings. The van der Waals surface area contributed by atoms with Crippen molar-refractivity contribution < 1.29 is 14.0 Å². The first-order valence-corrected chi connectivity index (χ1v) is 8.35. The minimum atomic E-state index is -0.626. The molecular weight excluding hydrogens is 351 g/mol. The normalized spacial score (nSPS) is 27.5. The van der Waals surface area contributed by atoms with Gasteiger partial charge in [0.2, 0.25) is 5.91 Å². The van der Waals surface area contributed by atoms with E-state index in [1.54, 1.807) is 6.07 Å². The summed E-state index contributed by atoms with van der Waals surface area (Å²) in [5.41, 5.74) is 5.48. The van der Waals surface area contributed by atoms with Crippen LogP contribution in [0.1, 0.15) is 42.5 Å². The van der Waals surface area contributed by atoms with Crippen LogP contribution in [0.25, 0.3) is 0 Å². The quantitative estimate of drug-likeness (QED) is 0.872. The Balaban J connectivity index is 1.97. The molecule has 3 atom stereocenters. The van der Waals surface area contributed by atoms with Crippen LogP contribution in [0.15, 0.2) is 22.7 Å². The number of hydrogen-bond acceptors (Lipinski definition) is 2. The van der Waals surface area contributed by atoms with Crippen LogP contribution in [-0.2, 0) is 4.79 Å². The third-order valence-corrected chi connectivity index (χ3v) is 5.30. The number of likely N-dealkylation sites (tertiary alicyclic amines) is 1. The average Bonchev–Trinajstić information content (AvgIpc) is 2.88. The van der Waals surface area contributed by atoms with Crippen molar-refractivity contribution in [1.82, 2.24) is 4.90 Å². The number of halogens is 2. The van der Waals surface area contributed by atoms with Crippen molar-refractivity contribution in [3.63, 3.8) is 0 Å². The van der Waals surface area contributed by atoms with Gasteiger partial charge in [-0.1, -0.05) is 28.8 Å². The second-order valence-corrected chi connectivity index (χ2v) is 7.02. The topological polar surface area (TPSA) is 63.4 Å². The van der Waals surface area contributed by atoms with Crippen molar-refractivity contribution in [2.24, 2.45) is 11.7 Å². The minimum Gasteiger partial charge on any atom is -0.368 e. The van der Waals surface area contributed by atoms with E-state index < -0.39 is 23.7 Å². The molecule has 0 unspecified atom stereocenters. The van der Waals surface area contributed by atoms with Crippen molar-refractivity contribution in [3.05, 3.63) is 34.1 Å². The van der Waals surface area contributed by atoms with Crippen molar-refractivity contribution in [1.29, 1.82) is 0 Å². The van der Waals surface area contributed by atoms with Crippen LogP contribution >= 0.6 is 15.9 Å². The molecular formula is C16H18BrFN2O2. The number of hydrogen-bond donors (Lipinski definition) is 1. The molecule has 4 nitrogen and oxygen atoms in total. The van der Waals surface area contributed by atoms with Crippen LogP contribution in [0.3, 0.4) is 0 Å². The maximum absolute atomic E-state index is 14.0. The summed E-state index contributed by atoms with van der Waals surface area (Å²) in [4.78, 5) is 26.2. The molecule has 1 saturated heterocycles. The zero-order valence-corrected chi connectivity index (χ0v) is 13.7. The predicted molar refractivity (Wildman–Crippen MR) is 83.6 cm³/mol. The monoisotopic (exact) mass is 368 g/mol. The molecule has 118 valence electrons. The molecule has 6 heteroatoms. The van der Waals surface area contributed by atoms with Gasteiger partial charge in [0.1, 0.15) is 11.9 Å². The molecule has 0 aromatic heterocycles. The lowest BCUT2D eigenvalue weighted by Gasteiger charge is -2.33. The first-order chi connectivity index (χ1) is 10.5. The van der Waals surface area contributed by atoms with E-state index in [0.717, 1.165) is 25.7 Å². The molecule has 1 saturated carbocycles. The van der Waals surface area contributed by atoms with Crippen LogP contribution in [0.2, 0.25) is 0 Å². The van der Waals surface area contributed by atoms with E-state index in [-0.39, 0.29) is 11.6 Å². The van der Waals surface area contributed by atoms with Crippen LogP contribution in [0.5, 0.6) is 0 Å². The zero-order chi connectivity index (χ0) is 15.9. The number of rotatable bonds is 2. The third kappa shape index (κ3) is 2.64. The van der Waals surface area contributed by atoms with Gasteiger partial charge in [-0.2, -0.15) is 0 Å². The molecule has 1 aromatic carbocycles. The molecule has 1 aromatic rings. The molecule has 2 amide bonds. The third-order valence-electron chi connectivity index (χ3n) is 4.81. The molecule has 2 N–H and O–H groups in total. The summed E-state index contributed by atoms with van der Waals surface area (Å²) >= 11 is 3.26. The second-order valence-electron chi connectivity index (χ2n) is 6.10. The maximum Gasteiger partial charge on any atom is 0.257 e. The fourth-order valence-electron chi connectivity index (χ4n) is 3.81. The van der Waals surface area contributed by atoms with Gasteiger partial charge in [-0.3, -0.25) is 9.59 Å². The highest BCUT2D eigenvalue weighted by Crippen LogP contribution is 2.40. The van der Waals surface area contributed by atoms with Crippen LogP contribution in [0, 0.1) is 11.7 Å². The number of fused-ring (bicyclic) bond motifs is 1. The van der Waals surface area contributed by atoms with E-state index in [2.05, 4.69) is 15.9 Å². The first-order valence-electron chi connectivity index (χ1n) is 7.56. The van der Waals surface area contributed by atoms with Gasteiger partial charge in [-0.15, -0.1) is 0 Å². The van der Waals surface area contributed by atoms with Gasteiger partial charge in [0, 0.05) is 10.5 Å². The maximum atomic E-state index is 14.0. The number of nitrogens with zero attached hydrogens (tertiary/aromatic N) is 1. The highest BCUT2D eigenvalue weighted by atomic mass is 79.9. The second kappa shape index (κ2) is 5.99. The molecule has 3 rings (SSSR count). The molecule has 0 radical (unpaired) electrons. The van der Waals surface area contributed by atoms with Crippen molar-refractivity contribution in [2.45, 2.75) is 44.2 Å². The summed E-state index contributed by atoms with van der Waals surface area (Å²) in [5, 5.41) is 0. The summed E-state index contributed by atoms with van der Waals surface area (Å²) in [6, 6.07) is 3.64. The van der Waals surface area contributed by atoms with Gasteiger partial charge in [0.05, 0.1) is 5.56 Å². The number of primary amides is 1. The van der Waals surface area contributed by atoms with E-state index in [9.17, 15) is 14.0 Å². The molecule has 0 bridgehead atoms. The molecule has 1 aliphatic carbocycles. The van der Waals surface area contributed by atoms with Crippen molar-refractivity contribution >= 4 is 27.7 Å². The highest BCUT2D eigenvalue weighted by molar-refractivity contribution is 9.10. The Labute approximate surface area is 137 Å². The largest absolute Gasteiger partial charge is 0.368 e. The summed E-state index contributed by atoms with van der Waals surface area (Å²) in [7, 11) is 0. The molecule has 2 aliphatic rings. The fourth-order valence-corrected chi connectivity index (χ4v) is 4.17. The Hall–Kier alpha value is -1.43. The van der Waals surface area contributed by atoms with E-state index in [1.165, 1.54) is 17.0 Å². The Morgan fingerprint density at radius 2 is 2.00 bits per heavy atom. The van der Waals surface area contributed by atoms with Crippen molar-refractivity contribution in [3.8, 4) is 0 Å². The van der Waals surface area contributed by atoms with E-state index in [1.807, 2.05) is 0 Å². The minimum absolute atomic E-state index is 0.00266. The molecule has 22 heavy (non-hydrogen) atoms. The van der Waals surface area contributed by atoms with Crippen LogP contribution in [-0.4, -0.2) is 28.8 Å². The van der Waals surface area contributed by atoms with Gasteiger partial charge in [0.25, 0.3) is 5.91 Å². The lowest BCUT2D eigenvalue weighted by Crippen LogP contribution is -2.48. The SMILES string of the molecule is NC(=O)[C@@H]1C[C@@H]2CCCC[C@@H]2N1C(=O)c1cc(Br)ccc1F. The fraction of sp³-hybridized carbons (Fsp3) is 0.500. The van der Waals surface area contributed by atoms with E-state index in [4.69, 9.17) is 5.73 Å². The summed E-state index contributed by atoms with van der Waals surface area (Å²) < 4.78 is 14.7. The standard InChI is InChI=1S/C16H18BrFN2O2/c17-10-5-6-12(18)11(8-10)16(22)20-13-4-2-1-3-9(13)7-14(20)15(19)21/h5-6,8-9,13-14H,1-4,7H2,(H2,19,21)/t9-,13-,14-/m0/s1.